The molecule has 0 bridgehead atoms. The van der Waals surface area contributed by atoms with Gasteiger partial charge in [0.1, 0.15) is 10.2 Å². The topological polar surface area (TPSA) is 98.3 Å². The highest BCUT2D eigenvalue weighted by molar-refractivity contribution is 7.17. The molecule has 6 nitrogen and oxygen atoms in total. The predicted molar refractivity (Wildman–Crippen MR) is 55.3 cm³/mol. The Hall–Kier alpha value is -1.89. The van der Waals surface area contributed by atoms with Gasteiger partial charge < -0.3 is 15.6 Å². The number of nitrogens with zero attached hydrogens (tertiary/aromatic N) is 2. The minimum absolute atomic E-state index is 0.000231. The van der Waals surface area contributed by atoms with E-state index in [2.05, 4.69) is 9.97 Å². The van der Waals surface area contributed by atoms with Gasteiger partial charge in [0.05, 0.1) is 12.7 Å². The summed E-state index contributed by atoms with van der Waals surface area (Å²) in [5.41, 5.74) is 5.87. The maximum absolute atomic E-state index is 10.9. The summed E-state index contributed by atoms with van der Waals surface area (Å²) >= 11 is 1.22. The van der Waals surface area contributed by atoms with Gasteiger partial charge in [-0.2, -0.15) is 4.98 Å². The van der Waals surface area contributed by atoms with Crippen LogP contribution in [0.15, 0.2) is 5.38 Å². The van der Waals surface area contributed by atoms with Gasteiger partial charge in [0.15, 0.2) is 0 Å². The van der Waals surface area contributed by atoms with E-state index < -0.39 is 5.97 Å². The zero-order chi connectivity index (χ0) is 11.0. The van der Waals surface area contributed by atoms with Crippen LogP contribution in [0.1, 0.15) is 10.4 Å². The van der Waals surface area contributed by atoms with Gasteiger partial charge in [0.2, 0.25) is 11.8 Å². The maximum atomic E-state index is 10.9. The molecule has 0 spiro atoms. The summed E-state index contributed by atoms with van der Waals surface area (Å²) in [5.74, 6) is -0.739. The number of hydrogen-bond acceptors (Lipinski definition) is 6. The Kier molecular flexibility index (Phi) is 2.16. The van der Waals surface area contributed by atoms with Crippen LogP contribution in [-0.2, 0) is 0 Å². The molecule has 0 unspecified atom stereocenters. The number of hydrogen-bond donors (Lipinski definition) is 2. The minimum atomic E-state index is -1.04. The van der Waals surface area contributed by atoms with Gasteiger partial charge >= 0.3 is 5.97 Å². The highest BCUT2D eigenvalue weighted by Crippen LogP contribution is 2.31. The molecule has 0 aromatic carbocycles. The van der Waals surface area contributed by atoms with Crippen molar-refractivity contribution in [2.45, 2.75) is 0 Å². The van der Waals surface area contributed by atoms with Crippen molar-refractivity contribution in [1.82, 2.24) is 9.97 Å². The van der Waals surface area contributed by atoms with E-state index in [4.69, 9.17) is 15.6 Å². The van der Waals surface area contributed by atoms with Crippen LogP contribution in [0, 0.1) is 0 Å². The monoisotopic (exact) mass is 225 g/mol. The highest BCUT2D eigenvalue weighted by Gasteiger charge is 2.16. The van der Waals surface area contributed by atoms with E-state index in [1.165, 1.54) is 23.8 Å². The first-order valence-corrected chi connectivity index (χ1v) is 4.83. The number of aromatic nitrogens is 2. The summed E-state index contributed by atoms with van der Waals surface area (Å²) in [4.78, 5) is 18.6. The van der Waals surface area contributed by atoms with Crippen molar-refractivity contribution in [3.8, 4) is 5.88 Å². The fraction of sp³-hybridized carbons (Fsp3) is 0.125. The molecule has 15 heavy (non-hydrogen) atoms. The molecule has 78 valence electrons. The molecule has 2 aromatic heterocycles. The minimum Gasteiger partial charge on any atom is -0.480 e. The van der Waals surface area contributed by atoms with E-state index in [-0.39, 0.29) is 11.5 Å². The summed E-state index contributed by atoms with van der Waals surface area (Å²) in [6.07, 6.45) is 0. The number of anilines is 1. The maximum Gasteiger partial charge on any atom is 0.338 e. The van der Waals surface area contributed by atoms with Crippen LogP contribution in [0.5, 0.6) is 5.88 Å². The average molecular weight is 225 g/mol. The van der Waals surface area contributed by atoms with Gasteiger partial charge in [-0.1, -0.05) is 0 Å². The lowest BCUT2D eigenvalue weighted by Crippen LogP contribution is -2.00. The van der Waals surface area contributed by atoms with Gasteiger partial charge in [0, 0.05) is 5.38 Å². The largest absolute Gasteiger partial charge is 0.480 e. The summed E-state index contributed by atoms with van der Waals surface area (Å²) in [5, 5.41) is 10.4. The number of carboxylic acids is 1. The standard InChI is InChI=1S/C8H7N3O3S/c1-14-6-5-4(10-8(9)11-6)3(2-15-5)7(12)13/h2H,1H3,(H,12,13)(H2,9,10,11). The first kappa shape index (κ1) is 9.66. The Morgan fingerprint density at radius 1 is 1.60 bits per heavy atom. The Balaban J connectivity index is 2.80. The van der Waals surface area contributed by atoms with Crippen LogP contribution < -0.4 is 10.5 Å². The third-order valence-corrected chi connectivity index (χ3v) is 2.78. The summed E-state index contributed by atoms with van der Waals surface area (Å²) in [7, 11) is 1.45. The zero-order valence-corrected chi connectivity index (χ0v) is 8.54. The molecular weight excluding hydrogens is 218 g/mol. The van der Waals surface area contributed by atoms with E-state index in [1.807, 2.05) is 0 Å². The molecule has 0 saturated carbocycles. The highest BCUT2D eigenvalue weighted by atomic mass is 32.1. The quantitative estimate of drug-likeness (QED) is 0.790. The van der Waals surface area contributed by atoms with Crippen LogP contribution in [-0.4, -0.2) is 28.2 Å². The molecule has 2 aromatic rings. The first-order valence-electron chi connectivity index (χ1n) is 3.95. The van der Waals surface area contributed by atoms with Crippen molar-refractivity contribution in [2.75, 3.05) is 12.8 Å². The second-order valence-electron chi connectivity index (χ2n) is 2.72. The molecule has 2 heterocycles. The lowest BCUT2D eigenvalue weighted by Gasteiger charge is -2.00. The van der Waals surface area contributed by atoms with E-state index >= 15 is 0 Å². The number of nitrogens with two attached hydrogens (primary N) is 1. The van der Waals surface area contributed by atoms with Crippen molar-refractivity contribution < 1.29 is 14.6 Å². The third-order valence-electron chi connectivity index (χ3n) is 1.83. The Labute approximate surface area is 88.3 Å². The van der Waals surface area contributed by atoms with Crippen molar-refractivity contribution in [1.29, 1.82) is 0 Å². The van der Waals surface area contributed by atoms with Gasteiger partial charge in [-0.25, -0.2) is 9.78 Å². The van der Waals surface area contributed by atoms with E-state index in [1.54, 1.807) is 0 Å². The number of nitrogen functional groups attached to an aromatic ring is 1. The lowest BCUT2D eigenvalue weighted by molar-refractivity contribution is 0.0699. The molecule has 0 atom stereocenters. The van der Waals surface area contributed by atoms with Gasteiger partial charge in [-0.3, -0.25) is 0 Å². The number of thiophene rings is 1. The molecule has 3 N–H and O–H groups in total. The van der Waals surface area contributed by atoms with Crippen LogP contribution in [0.3, 0.4) is 0 Å². The van der Waals surface area contributed by atoms with Crippen LogP contribution in [0.25, 0.3) is 10.2 Å². The summed E-state index contributed by atoms with van der Waals surface area (Å²) in [6, 6.07) is 0. The van der Waals surface area contributed by atoms with E-state index in [0.29, 0.717) is 16.1 Å². The molecule has 0 aliphatic carbocycles. The Bertz CT molecular complexity index is 537. The van der Waals surface area contributed by atoms with E-state index in [0.717, 1.165) is 0 Å². The van der Waals surface area contributed by atoms with E-state index in [9.17, 15) is 4.79 Å². The Morgan fingerprint density at radius 3 is 2.93 bits per heavy atom. The summed E-state index contributed by atoms with van der Waals surface area (Å²) in [6.45, 7) is 0. The van der Waals surface area contributed by atoms with Crippen LogP contribution in [0.2, 0.25) is 0 Å². The predicted octanol–water partition coefficient (Wildman–Crippen LogP) is 0.980. The number of carbonyl (C=O) groups is 1. The SMILES string of the molecule is COc1nc(N)nc2c(C(=O)O)csc12. The fourth-order valence-electron chi connectivity index (χ4n) is 1.20. The van der Waals surface area contributed by atoms with Crippen LogP contribution >= 0.6 is 11.3 Å². The Morgan fingerprint density at radius 2 is 2.33 bits per heavy atom. The van der Waals surface area contributed by atoms with Crippen molar-refractivity contribution in [3.05, 3.63) is 10.9 Å². The number of aromatic carboxylic acids is 1. The number of fused-ring (bicyclic) bond motifs is 1. The molecule has 0 aliphatic rings. The molecule has 0 fully saturated rings. The summed E-state index contributed by atoms with van der Waals surface area (Å²) < 4.78 is 5.57. The van der Waals surface area contributed by atoms with Crippen LogP contribution in [0.4, 0.5) is 5.95 Å². The molecule has 0 saturated heterocycles. The van der Waals surface area contributed by atoms with Crippen molar-refractivity contribution in [2.24, 2.45) is 0 Å². The molecule has 0 aliphatic heterocycles. The number of carboxylic acid groups (broad SMARTS) is 1. The van der Waals surface area contributed by atoms with Gasteiger partial charge in [-0.15, -0.1) is 11.3 Å². The van der Waals surface area contributed by atoms with Gasteiger partial charge in [0.25, 0.3) is 0 Å². The first-order chi connectivity index (χ1) is 7.13. The normalized spacial score (nSPS) is 10.5. The van der Waals surface area contributed by atoms with Crippen molar-refractivity contribution in [3.63, 3.8) is 0 Å². The molecule has 2 rings (SSSR count). The second-order valence-corrected chi connectivity index (χ2v) is 3.60. The average Bonchev–Trinajstić information content (AvgIpc) is 2.59. The number of methoxy groups -OCH3 is 1. The lowest BCUT2D eigenvalue weighted by atomic mass is 10.3. The molecule has 7 heteroatoms. The van der Waals surface area contributed by atoms with Gasteiger partial charge in [-0.05, 0) is 0 Å². The van der Waals surface area contributed by atoms with Crippen molar-refractivity contribution >= 4 is 33.5 Å². The third kappa shape index (κ3) is 1.46. The smallest absolute Gasteiger partial charge is 0.338 e. The molecule has 0 amide bonds. The number of ether oxygens (including phenoxy) is 1. The fourth-order valence-corrected chi connectivity index (χ4v) is 2.14. The zero-order valence-electron chi connectivity index (χ0n) is 7.72. The molecule has 0 radical (unpaired) electrons. The number of rotatable bonds is 2. The second kappa shape index (κ2) is 3.35. The molecular formula is C8H7N3O3S.